The third kappa shape index (κ3) is 1.86. The molecule has 0 aliphatic carbocycles. The van der Waals surface area contributed by atoms with E-state index in [0.717, 1.165) is 26.3 Å². The van der Waals surface area contributed by atoms with Gasteiger partial charge in [-0.15, -0.1) is 11.8 Å². The van der Waals surface area contributed by atoms with Crippen molar-refractivity contribution < 1.29 is 4.74 Å². The number of morpholine rings is 1. The van der Waals surface area contributed by atoms with Crippen LogP contribution in [0.25, 0.3) is 0 Å². The zero-order valence-corrected chi connectivity index (χ0v) is 9.55. The average Bonchev–Trinajstić information content (AvgIpc) is 2.77. The minimum Gasteiger partial charge on any atom is -0.378 e. The van der Waals surface area contributed by atoms with Gasteiger partial charge in [-0.3, -0.25) is 0 Å². The van der Waals surface area contributed by atoms with E-state index in [1.54, 1.807) is 0 Å². The second-order valence-corrected chi connectivity index (χ2v) is 5.13. The summed E-state index contributed by atoms with van der Waals surface area (Å²) >= 11 is 1.98. The lowest BCUT2D eigenvalue weighted by Gasteiger charge is -2.29. The highest BCUT2D eigenvalue weighted by Crippen LogP contribution is 2.33. The van der Waals surface area contributed by atoms with E-state index in [1.807, 2.05) is 11.8 Å². The molecule has 3 rings (SSSR count). The first-order valence-corrected chi connectivity index (χ1v) is 6.50. The maximum Gasteiger partial charge on any atom is 0.0642 e. The predicted molar refractivity (Wildman–Crippen MR) is 63.9 cm³/mol. The van der Waals surface area contributed by atoms with E-state index in [4.69, 9.17) is 4.74 Å². The molecule has 0 aromatic heterocycles. The zero-order chi connectivity index (χ0) is 10.1. The Labute approximate surface area is 94.6 Å². The summed E-state index contributed by atoms with van der Waals surface area (Å²) in [6.07, 6.45) is 1.23. The van der Waals surface area contributed by atoms with Crippen molar-refractivity contribution in [2.45, 2.75) is 11.3 Å². The second-order valence-electron chi connectivity index (χ2n) is 3.99. The van der Waals surface area contributed by atoms with Crippen LogP contribution in [0.3, 0.4) is 0 Å². The largest absolute Gasteiger partial charge is 0.378 e. The fourth-order valence-corrected chi connectivity index (χ4v) is 3.24. The maximum atomic E-state index is 5.37. The Morgan fingerprint density at radius 2 is 2.07 bits per heavy atom. The normalized spacial score (nSPS) is 20.4. The van der Waals surface area contributed by atoms with Crippen molar-refractivity contribution in [3.05, 3.63) is 23.8 Å². The van der Waals surface area contributed by atoms with Gasteiger partial charge in [0.2, 0.25) is 0 Å². The van der Waals surface area contributed by atoms with Crippen LogP contribution in [-0.4, -0.2) is 32.1 Å². The van der Waals surface area contributed by atoms with Crippen LogP contribution in [0.2, 0.25) is 0 Å². The Bertz CT molecular complexity index is 361. The van der Waals surface area contributed by atoms with Crippen LogP contribution in [0.4, 0.5) is 5.69 Å². The van der Waals surface area contributed by atoms with Crippen molar-refractivity contribution in [1.29, 1.82) is 0 Å². The van der Waals surface area contributed by atoms with Crippen LogP contribution >= 0.6 is 11.8 Å². The lowest BCUT2D eigenvalue weighted by atomic mass is 10.1. The molecule has 1 aromatic rings. The molecule has 15 heavy (non-hydrogen) atoms. The highest BCUT2D eigenvalue weighted by Gasteiger charge is 2.15. The second kappa shape index (κ2) is 4.06. The molecule has 80 valence electrons. The van der Waals surface area contributed by atoms with Gasteiger partial charge in [0.1, 0.15) is 0 Å². The molecule has 0 spiro atoms. The van der Waals surface area contributed by atoms with Crippen molar-refractivity contribution in [1.82, 2.24) is 0 Å². The fourth-order valence-electron chi connectivity index (χ4n) is 2.19. The van der Waals surface area contributed by atoms with E-state index < -0.39 is 0 Å². The van der Waals surface area contributed by atoms with E-state index in [1.165, 1.54) is 28.3 Å². The molecule has 1 aromatic carbocycles. The molecule has 0 bridgehead atoms. The van der Waals surface area contributed by atoms with E-state index in [-0.39, 0.29) is 0 Å². The molecule has 0 unspecified atom stereocenters. The Morgan fingerprint density at radius 3 is 2.93 bits per heavy atom. The molecular formula is C12H15NOS. The molecule has 1 saturated heterocycles. The number of benzene rings is 1. The van der Waals surface area contributed by atoms with Crippen LogP contribution in [0.1, 0.15) is 5.56 Å². The molecule has 2 heterocycles. The Kier molecular flexibility index (Phi) is 2.59. The molecule has 0 N–H and O–H groups in total. The molecule has 2 aliphatic rings. The number of nitrogens with zero attached hydrogens (tertiary/aromatic N) is 1. The Morgan fingerprint density at radius 1 is 1.20 bits per heavy atom. The molecule has 0 amide bonds. The zero-order valence-electron chi connectivity index (χ0n) is 8.74. The summed E-state index contributed by atoms with van der Waals surface area (Å²) in [4.78, 5) is 3.90. The van der Waals surface area contributed by atoms with Crippen molar-refractivity contribution in [2.75, 3.05) is 37.0 Å². The predicted octanol–water partition coefficient (Wildman–Crippen LogP) is 2.17. The standard InChI is InChI=1S/C12H15NOS/c1-2-12-10(3-8-15-12)9-11(1)13-4-6-14-7-5-13/h1-2,9H,3-8H2. The lowest BCUT2D eigenvalue weighted by molar-refractivity contribution is 0.122. The summed E-state index contributed by atoms with van der Waals surface area (Å²) in [5.41, 5.74) is 2.91. The molecule has 0 saturated carbocycles. The van der Waals surface area contributed by atoms with Gasteiger partial charge in [0, 0.05) is 29.4 Å². The highest BCUT2D eigenvalue weighted by atomic mass is 32.2. The summed E-state index contributed by atoms with van der Waals surface area (Å²) in [6.45, 7) is 3.80. The van der Waals surface area contributed by atoms with E-state index in [2.05, 4.69) is 23.1 Å². The number of thioether (sulfide) groups is 1. The van der Waals surface area contributed by atoms with Crippen molar-refractivity contribution in [3.63, 3.8) is 0 Å². The van der Waals surface area contributed by atoms with Gasteiger partial charge in [0.05, 0.1) is 13.2 Å². The number of anilines is 1. The van der Waals surface area contributed by atoms with Gasteiger partial charge in [-0.2, -0.15) is 0 Å². The van der Waals surface area contributed by atoms with Gasteiger partial charge < -0.3 is 9.64 Å². The molecule has 2 nitrogen and oxygen atoms in total. The lowest BCUT2D eigenvalue weighted by Crippen LogP contribution is -2.36. The van der Waals surface area contributed by atoms with Gasteiger partial charge in [-0.05, 0) is 30.2 Å². The van der Waals surface area contributed by atoms with Crippen LogP contribution < -0.4 is 4.90 Å². The van der Waals surface area contributed by atoms with Gasteiger partial charge >= 0.3 is 0 Å². The van der Waals surface area contributed by atoms with Gasteiger partial charge in [-0.25, -0.2) is 0 Å². The summed E-state index contributed by atoms with van der Waals surface area (Å²) < 4.78 is 5.37. The first-order valence-electron chi connectivity index (χ1n) is 5.52. The quantitative estimate of drug-likeness (QED) is 0.721. The number of fused-ring (bicyclic) bond motifs is 1. The topological polar surface area (TPSA) is 12.5 Å². The molecule has 2 aliphatic heterocycles. The molecule has 0 radical (unpaired) electrons. The monoisotopic (exact) mass is 221 g/mol. The van der Waals surface area contributed by atoms with Crippen LogP contribution in [-0.2, 0) is 11.2 Å². The number of ether oxygens (including phenoxy) is 1. The van der Waals surface area contributed by atoms with Crippen LogP contribution in [0.5, 0.6) is 0 Å². The Balaban J connectivity index is 1.85. The molecular weight excluding hydrogens is 206 g/mol. The summed E-state index contributed by atoms with van der Waals surface area (Å²) in [7, 11) is 0. The van der Waals surface area contributed by atoms with Crippen LogP contribution in [0, 0.1) is 0 Å². The fraction of sp³-hybridized carbons (Fsp3) is 0.500. The first kappa shape index (κ1) is 9.55. The minimum atomic E-state index is 0.867. The molecule has 3 heteroatoms. The number of hydrogen-bond donors (Lipinski definition) is 0. The summed E-state index contributed by atoms with van der Waals surface area (Å²) in [5.74, 6) is 1.25. The third-order valence-corrected chi connectivity index (χ3v) is 4.17. The SMILES string of the molecule is c1cc2c(cc1N1CCOCC1)CCS2. The number of aryl methyl sites for hydroxylation is 1. The molecule has 0 atom stereocenters. The summed E-state index contributed by atoms with van der Waals surface area (Å²) in [6, 6.07) is 6.89. The average molecular weight is 221 g/mol. The van der Waals surface area contributed by atoms with E-state index in [0.29, 0.717) is 0 Å². The highest BCUT2D eigenvalue weighted by molar-refractivity contribution is 7.99. The van der Waals surface area contributed by atoms with Gasteiger partial charge in [-0.1, -0.05) is 0 Å². The van der Waals surface area contributed by atoms with Gasteiger partial charge in [0.15, 0.2) is 0 Å². The number of rotatable bonds is 1. The van der Waals surface area contributed by atoms with E-state index >= 15 is 0 Å². The van der Waals surface area contributed by atoms with E-state index in [9.17, 15) is 0 Å². The third-order valence-electron chi connectivity index (χ3n) is 3.05. The van der Waals surface area contributed by atoms with Crippen molar-refractivity contribution in [2.24, 2.45) is 0 Å². The number of hydrogen-bond acceptors (Lipinski definition) is 3. The smallest absolute Gasteiger partial charge is 0.0642 e. The maximum absolute atomic E-state index is 5.37. The van der Waals surface area contributed by atoms with Gasteiger partial charge in [0.25, 0.3) is 0 Å². The Hall–Kier alpha value is -0.670. The minimum absolute atomic E-state index is 0.867. The van der Waals surface area contributed by atoms with Crippen LogP contribution in [0.15, 0.2) is 23.1 Å². The van der Waals surface area contributed by atoms with Crippen molar-refractivity contribution >= 4 is 17.4 Å². The summed E-state index contributed by atoms with van der Waals surface area (Å²) in [5, 5.41) is 0. The first-order chi connectivity index (χ1) is 7.43. The molecule has 1 fully saturated rings. The van der Waals surface area contributed by atoms with Crippen molar-refractivity contribution in [3.8, 4) is 0 Å².